The third-order valence-electron chi connectivity index (χ3n) is 4.57. The van der Waals surface area contributed by atoms with E-state index in [0.29, 0.717) is 35.5 Å². The van der Waals surface area contributed by atoms with Crippen molar-refractivity contribution in [1.82, 2.24) is 14.7 Å². The number of nitrogens with zero attached hydrogens (tertiary/aromatic N) is 3. The van der Waals surface area contributed by atoms with E-state index in [1.54, 1.807) is 25.0 Å². The molecule has 146 valence electrons. The van der Waals surface area contributed by atoms with Crippen LogP contribution in [-0.4, -0.2) is 42.1 Å². The number of aromatic nitrogens is 2. The first kappa shape index (κ1) is 18.5. The summed E-state index contributed by atoms with van der Waals surface area (Å²) in [4.78, 5) is 2.54. The van der Waals surface area contributed by atoms with Crippen molar-refractivity contribution in [3.63, 3.8) is 0 Å². The third kappa shape index (κ3) is 3.88. The molecule has 2 heterocycles. The van der Waals surface area contributed by atoms with Crippen LogP contribution in [-0.2, 0) is 13.2 Å². The highest BCUT2D eigenvalue weighted by Crippen LogP contribution is 2.29. The highest BCUT2D eigenvalue weighted by atomic mass is 32.1. The minimum atomic E-state index is 0.315. The molecule has 0 saturated carbocycles. The molecule has 8 heteroatoms. The highest BCUT2D eigenvalue weighted by Gasteiger charge is 2.18. The van der Waals surface area contributed by atoms with Gasteiger partial charge in [0, 0.05) is 30.3 Å². The number of hydrogen-bond donors (Lipinski definition) is 0. The van der Waals surface area contributed by atoms with E-state index in [4.69, 9.17) is 30.8 Å². The van der Waals surface area contributed by atoms with E-state index in [-0.39, 0.29) is 0 Å². The molecule has 1 aromatic heterocycles. The quantitative estimate of drug-likeness (QED) is 0.606. The Hall–Kier alpha value is -2.84. The van der Waals surface area contributed by atoms with Crippen LogP contribution in [0, 0.1) is 4.84 Å². The molecule has 3 aromatic rings. The van der Waals surface area contributed by atoms with Gasteiger partial charge in [-0.1, -0.05) is 18.2 Å². The second-order valence-corrected chi connectivity index (χ2v) is 6.77. The van der Waals surface area contributed by atoms with Gasteiger partial charge >= 0.3 is 0 Å². The molecule has 0 saturated heterocycles. The van der Waals surface area contributed by atoms with Gasteiger partial charge < -0.3 is 18.6 Å². The summed E-state index contributed by atoms with van der Waals surface area (Å²) in [7, 11) is 3.21. The van der Waals surface area contributed by atoms with Crippen molar-refractivity contribution in [3.8, 4) is 28.7 Å². The van der Waals surface area contributed by atoms with E-state index in [0.717, 1.165) is 30.0 Å². The second kappa shape index (κ2) is 8.04. The molecule has 0 fully saturated rings. The van der Waals surface area contributed by atoms with Crippen LogP contribution in [0.3, 0.4) is 0 Å². The topological polar surface area (TPSA) is 61.9 Å². The van der Waals surface area contributed by atoms with Crippen molar-refractivity contribution in [2.75, 3.05) is 27.4 Å². The summed E-state index contributed by atoms with van der Waals surface area (Å²) in [5.74, 6) is 2.67. The number of ether oxygens (including phenoxy) is 3. The molecule has 1 aliphatic rings. The fraction of sp³-hybridized carbons (Fsp3) is 0.300. The lowest BCUT2D eigenvalue weighted by Gasteiger charge is -2.18. The molecule has 0 bridgehead atoms. The van der Waals surface area contributed by atoms with Crippen LogP contribution in [0.25, 0.3) is 11.5 Å². The second-order valence-electron chi connectivity index (χ2n) is 6.42. The van der Waals surface area contributed by atoms with Gasteiger partial charge in [-0.2, -0.15) is 0 Å². The number of para-hydroxylation sites is 1. The molecule has 0 N–H and O–H groups in total. The van der Waals surface area contributed by atoms with Crippen LogP contribution in [0.4, 0.5) is 0 Å². The zero-order chi connectivity index (χ0) is 19.5. The Kier molecular flexibility index (Phi) is 5.31. The number of hydrogen-bond acceptors (Lipinski definition) is 7. The van der Waals surface area contributed by atoms with E-state index in [9.17, 15) is 0 Å². The smallest absolute Gasteiger partial charge is 0.288 e. The van der Waals surface area contributed by atoms with Gasteiger partial charge in [-0.15, -0.1) is 5.10 Å². The monoisotopic (exact) mass is 399 g/mol. The molecular formula is C20H21N3O4S. The van der Waals surface area contributed by atoms with E-state index in [1.807, 2.05) is 30.3 Å². The Labute approximate surface area is 168 Å². The van der Waals surface area contributed by atoms with Crippen LogP contribution in [0.2, 0.25) is 0 Å². The van der Waals surface area contributed by atoms with Crippen molar-refractivity contribution < 1.29 is 18.6 Å². The maximum Gasteiger partial charge on any atom is 0.288 e. The van der Waals surface area contributed by atoms with Crippen molar-refractivity contribution in [3.05, 3.63) is 52.9 Å². The van der Waals surface area contributed by atoms with Crippen LogP contribution >= 0.6 is 12.2 Å². The minimum Gasteiger partial charge on any atom is -0.497 e. The van der Waals surface area contributed by atoms with Crippen LogP contribution < -0.4 is 14.2 Å². The van der Waals surface area contributed by atoms with E-state index in [2.05, 4.69) is 16.1 Å². The predicted octanol–water partition coefficient (Wildman–Crippen LogP) is 3.74. The van der Waals surface area contributed by atoms with E-state index >= 15 is 0 Å². The molecule has 4 rings (SSSR count). The molecule has 28 heavy (non-hydrogen) atoms. The first-order chi connectivity index (χ1) is 13.7. The van der Waals surface area contributed by atoms with Gasteiger partial charge in [-0.25, -0.2) is 4.68 Å². The Morgan fingerprint density at radius 2 is 1.86 bits per heavy atom. The van der Waals surface area contributed by atoms with Gasteiger partial charge in [-0.3, -0.25) is 4.90 Å². The lowest BCUT2D eigenvalue weighted by atomic mass is 10.2. The molecule has 0 atom stereocenters. The predicted molar refractivity (Wildman–Crippen MR) is 106 cm³/mol. The Balaban J connectivity index is 1.58. The summed E-state index contributed by atoms with van der Waals surface area (Å²) in [5.41, 5.74) is 1.89. The van der Waals surface area contributed by atoms with Crippen molar-refractivity contribution in [1.29, 1.82) is 0 Å². The normalized spacial score (nSPS) is 14.1. The van der Waals surface area contributed by atoms with Crippen LogP contribution in [0.5, 0.6) is 17.2 Å². The molecule has 0 radical (unpaired) electrons. The SMILES string of the molecule is COc1cc(OC)cc(-c2nn(CN3CCOc4ccccc4C3)c(=S)o2)c1. The average molecular weight is 399 g/mol. The van der Waals surface area contributed by atoms with Gasteiger partial charge in [0.2, 0.25) is 5.89 Å². The fourth-order valence-corrected chi connectivity index (χ4v) is 3.31. The third-order valence-corrected chi connectivity index (χ3v) is 4.86. The number of methoxy groups -OCH3 is 2. The first-order valence-corrected chi connectivity index (χ1v) is 9.31. The molecular weight excluding hydrogens is 378 g/mol. The molecule has 2 aromatic carbocycles. The van der Waals surface area contributed by atoms with Gasteiger partial charge in [0.05, 0.1) is 20.9 Å². The first-order valence-electron chi connectivity index (χ1n) is 8.90. The zero-order valence-electron chi connectivity index (χ0n) is 15.8. The Morgan fingerprint density at radius 3 is 2.61 bits per heavy atom. The van der Waals surface area contributed by atoms with Gasteiger partial charge in [0.25, 0.3) is 4.84 Å². The van der Waals surface area contributed by atoms with Crippen molar-refractivity contribution >= 4 is 12.2 Å². The molecule has 0 unspecified atom stereocenters. The maximum absolute atomic E-state index is 5.82. The summed E-state index contributed by atoms with van der Waals surface area (Å²) in [6, 6.07) is 13.5. The Bertz CT molecular complexity index is 1010. The average Bonchev–Trinajstić information content (AvgIpc) is 2.96. The van der Waals surface area contributed by atoms with Crippen molar-refractivity contribution in [2.24, 2.45) is 0 Å². The highest BCUT2D eigenvalue weighted by molar-refractivity contribution is 7.71. The van der Waals surface area contributed by atoms with Crippen LogP contribution in [0.1, 0.15) is 5.56 Å². The number of fused-ring (bicyclic) bond motifs is 1. The fourth-order valence-electron chi connectivity index (χ4n) is 3.13. The Morgan fingerprint density at radius 1 is 1.11 bits per heavy atom. The number of benzene rings is 2. The lowest BCUT2D eigenvalue weighted by Crippen LogP contribution is -2.28. The van der Waals surface area contributed by atoms with Gasteiger partial charge in [0.1, 0.15) is 23.9 Å². The summed E-state index contributed by atoms with van der Waals surface area (Å²) in [6.07, 6.45) is 0. The van der Waals surface area contributed by atoms with Crippen LogP contribution in [0.15, 0.2) is 46.9 Å². The molecule has 0 aliphatic carbocycles. The molecule has 1 aliphatic heterocycles. The summed E-state index contributed by atoms with van der Waals surface area (Å²) in [6.45, 7) is 2.65. The minimum absolute atomic E-state index is 0.315. The summed E-state index contributed by atoms with van der Waals surface area (Å²) in [5, 5.41) is 4.56. The summed E-state index contributed by atoms with van der Waals surface area (Å²) >= 11 is 5.39. The standard InChI is InChI=1S/C20H21N3O4S/c1-24-16-9-15(10-17(11-16)25-2)19-21-23(20(28)27-19)13-22-7-8-26-18-6-4-3-5-14(18)12-22/h3-6,9-11H,7-8,12-13H2,1-2H3. The van der Waals surface area contributed by atoms with Crippen molar-refractivity contribution in [2.45, 2.75) is 13.2 Å². The van der Waals surface area contributed by atoms with E-state index < -0.39 is 0 Å². The van der Waals surface area contributed by atoms with E-state index in [1.165, 1.54) is 0 Å². The van der Waals surface area contributed by atoms with Gasteiger partial charge in [0.15, 0.2) is 0 Å². The van der Waals surface area contributed by atoms with Gasteiger partial charge in [-0.05, 0) is 30.4 Å². The lowest BCUT2D eigenvalue weighted by molar-refractivity contribution is 0.175. The molecule has 7 nitrogen and oxygen atoms in total. The summed E-state index contributed by atoms with van der Waals surface area (Å²) < 4.78 is 23.9. The largest absolute Gasteiger partial charge is 0.497 e. The number of rotatable bonds is 5. The molecule has 0 spiro atoms. The molecule has 0 amide bonds. The zero-order valence-corrected chi connectivity index (χ0v) is 16.6. The maximum atomic E-state index is 5.82.